The smallest absolute Gasteiger partial charge is 0.341 e. The van der Waals surface area contributed by atoms with Crippen LogP contribution in [0.15, 0.2) is 41.8 Å². The summed E-state index contributed by atoms with van der Waals surface area (Å²) in [7, 11) is 0. The normalized spacial score (nSPS) is 10.6. The van der Waals surface area contributed by atoms with Crippen molar-refractivity contribution < 1.29 is 19.1 Å². The first kappa shape index (κ1) is 23.7. The molecule has 1 N–H and O–H groups in total. The van der Waals surface area contributed by atoms with Crippen LogP contribution in [0, 0.1) is 0 Å². The number of carbonyl (C=O) groups excluding carboxylic acids is 2. The van der Waals surface area contributed by atoms with Gasteiger partial charge in [-0.2, -0.15) is 0 Å². The van der Waals surface area contributed by atoms with E-state index in [0.29, 0.717) is 21.2 Å². The Bertz CT molecular complexity index is 1130. The Kier molecular flexibility index (Phi) is 8.08. The lowest BCUT2D eigenvalue weighted by molar-refractivity contribution is -0.118. The van der Waals surface area contributed by atoms with Crippen molar-refractivity contribution in [2.45, 2.75) is 6.92 Å². The first-order valence-electron chi connectivity index (χ1n) is 8.92. The third kappa shape index (κ3) is 5.64. The molecule has 0 atom stereocenters. The van der Waals surface area contributed by atoms with E-state index < -0.39 is 11.9 Å². The maximum absolute atomic E-state index is 12.6. The van der Waals surface area contributed by atoms with Crippen LogP contribution in [0.3, 0.4) is 0 Å². The van der Waals surface area contributed by atoms with Crippen molar-refractivity contribution in [3.63, 3.8) is 0 Å². The lowest BCUT2D eigenvalue weighted by Crippen LogP contribution is -2.21. The minimum Gasteiger partial charge on any atom is -0.482 e. The van der Waals surface area contributed by atoms with E-state index in [0.717, 1.165) is 0 Å². The van der Waals surface area contributed by atoms with Crippen LogP contribution < -0.4 is 10.1 Å². The number of halogens is 4. The summed E-state index contributed by atoms with van der Waals surface area (Å²) in [5.41, 5.74) is 1.45. The Morgan fingerprint density at radius 1 is 0.968 bits per heavy atom. The molecule has 0 aliphatic carbocycles. The molecule has 31 heavy (non-hydrogen) atoms. The van der Waals surface area contributed by atoms with Crippen LogP contribution in [0.25, 0.3) is 11.1 Å². The van der Waals surface area contributed by atoms with Crippen molar-refractivity contribution in [3.05, 3.63) is 67.4 Å². The molecule has 1 amide bonds. The van der Waals surface area contributed by atoms with Crippen LogP contribution in [0.1, 0.15) is 17.3 Å². The Labute approximate surface area is 202 Å². The summed E-state index contributed by atoms with van der Waals surface area (Å²) < 4.78 is 10.6. The molecule has 0 bridgehead atoms. The number of rotatable bonds is 7. The summed E-state index contributed by atoms with van der Waals surface area (Å²) in [6, 6.07) is 9.94. The van der Waals surface area contributed by atoms with Gasteiger partial charge in [0.05, 0.1) is 21.7 Å². The van der Waals surface area contributed by atoms with Crippen LogP contribution in [0.2, 0.25) is 20.1 Å². The number of benzene rings is 2. The number of carbonyl (C=O) groups is 2. The fourth-order valence-electron chi connectivity index (χ4n) is 2.65. The summed E-state index contributed by atoms with van der Waals surface area (Å²) in [6.07, 6.45) is 0. The highest BCUT2D eigenvalue weighted by molar-refractivity contribution is 7.15. The summed E-state index contributed by atoms with van der Waals surface area (Å²) in [4.78, 5) is 25.1. The van der Waals surface area contributed by atoms with E-state index >= 15 is 0 Å². The largest absolute Gasteiger partial charge is 0.482 e. The van der Waals surface area contributed by atoms with E-state index in [1.807, 2.05) is 0 Å². The first-order valence-corrected chi connectivity index (χ1v) is 11.3. The maximum Gasteiger partial charge on any atom is 0.341 e. The second-order valence-electron chi connectivity index (χ2n) is 6.09. The molecule has 3 rings (SSSR count). The van der Waals surface area contributed by atoms with E-state index in [-0.39, 0.29) is 39.6 Å². The van der Waals surface area contributed by atoms with Gasteiger partial charge in [0.1, 0.15) is 16.3 Å². The number of nitrogens with one attached hydrogen (secondary N) is 1. The summed E-state index contributed by atoms with van der Waals surface area (Å²) >= 11 is 25.4. The predicted molar refractivity (Wildman–Crippen MR) is 126 cm³/mol. The van der Waals surface area contributed by atoms with Crippen LogP contribution in [-0.2, 0) is 9.53 Å². The van der Waals surface area contributed by atoms with Gasteiger partial charge in [0.2, 0.25) is 0 Å². The molecule has 1 aromatic heterocycles. The molecule has 0 radical (unpaired) electrons. The summed E-state index contributed by atoms with van der Waals surface area (Å²) in [5, 5.41) is 5.94. The number of anilines is 1. The summed E-state index contributed by atoms with van der Waals surface area (Å²) in [5.74, 6) is -0.859. The number of thiophene rings is 1. The van der Waals surface area contributed by atoms with Crippen molar-refractivity contribution in [3.8, 4) is 16.9 Å². The monoisotopic (exact) mass is 517 g/mol. The number of ether oxygens (including phenoxy) is 2. The Morgan fingerprint density at radius 3 is 2.39 bits per heavy atom. The third-order valence-electron chi connectivity index (χ3n) is 4.02. The van der Waals surface area contributed by atoms with E-state index in [1.54, 1.807) is 36.6 Å². The number of esters is 1. The molecule has 0 aliphatic rings. The van der Waals surface area contributed by atoms with Gasteiger partial charge in [-0.05, 0) is 19.1 Å². The first-order chi connectivity index (χ1) is 14.8. The van der Waals surface area contributed by atoms with Crippen LogP contribution in [-0.4, -0.2) is 25.1 Å². The van der Waals surface area contributed by atoms with Gasteiger partial charge in [-0.1, -0.05) is 64.6 Å². The Balaban J connectivity index is 1.82. The van der Waals surface area contributed by atoms with Crippen LogP contribution >= 0.6 is 57.7 Å². The molecular formula is C21H15Cl4NO4S. The van der Waals surface area contributed by atoms with Gasteiger partial charge in [0, 0.05) is 27.6 Å². The highest BCUT2D eigenvalue weighted by atomic mass is 35.5. The Morgan fingerprint density at radius 2 is 1.68 bits per heavy atom. The van der Waals surface area contributed by atoms with Crippen molar-refractivity contribution in [1.82, 2.24) is 0 Å². The molecule has 5 nitrogen and oxygen atoms in total. The quantitative estimate of drug-likeness (QED) is 0.265. The van der Waals surface area contributed by atoms with Gasteiger partial charge >= 0.3 is 5.97 Å². The van der Waals surface area contributed by atoms with Crippen molar-refractivity contribution in [1.29, 1.82) is 0 Å². The molecule has 0 unspecified atom stereocenters. The van der Waals surface area contributed by atoms with Crippen molar-refractivity contribution in [2.75, 3.05) is 18.5 Å². The van der Waals surface area contributed by atoms with Gasteiger partial charge in [-0.3, -0.25) is 4.79 Å². The molecule has 0 fully saturated rings. The van der Waals surface area contributed by atoms with Gasteiger partial charge < -0.3 is 14.8 Å². The molecular weight excluding hydrogens is 504 g/mol. The second-order valence-corrected chi connectivity index (χ2v) is 8.60. The van der Waals surface area contributed by atoms with Crippen LogP contribution in [0.4, 0.5) is 5.00 Å². The summed E-state index contributed by atoms with van der Waals surface area (Å²) in [6.45, 7) is 1.52. The molecule has 10 heteroatoms. The van der Waals surface area contributed by atoms with Crippen molar-refractivity contribution in [2.24, 2.45) is 0 Å². The molecule has 1 heterocycles. The highest BCUT2D eigenvalue weighted by Gasteiger charge is 2.24. The molecule has 2 aromatic carbocycles. The standard InChI is InChI=1S/C21H15Cl4NO4S/c1-2-29-21(28)19-12(11-5-3-4-6-13(11)22)10-31-20(19)26-18(27)9-30-17-8-15(24)14(23)7-16(17)25/h3-8,10H,2,9H2,1H3,(H,26,27). The van der Waals surface area contributed by atoms with E-state index in [2.05, 4.69) is 5.32 Å². The van der Waals surface area contributed by atoms with Gasteiger partial charge in [-0.15, -0.1) is 11.3 Å². The van der Waals surface area contributed by atoms with Crippen molar-refractivity contribution >= 4 is 74.6 Å². The lowest BCUT2D eigenvalue weighted by atomic mass is 10.0. The van der Waals surface area contributed by atoms with E-state index in [4.69, 9.17) is 55.9 Å². The van der Waals surface area contributed by atoms with E-state index in [9.17, 15) is 9.59 Å². The fraction of sp³-hybridized carbons (Fsp3) is 0.143. The van der Waals surface area contributed by atoms with Gasteiger partial charge in [0.25, 0.3) is 5.91 Å². The number of amides is 1. The molecule has 0 saturated heterocycles. The lowest BCUT2D eigenvalue weighted by Gasteiger charge is -2.11. The molecule has 0 spiro atoms. The minimum atomic E-state index is -0.567. The minimum absolute atomic E-state index is 0.183. The molecule has 0 saturated carbocycles. The number of hydrogen-bond acceptors (Lipinski definition) is 5. The number of hydrogen-bond donors (Lipinski definition) is 1. The SMILES string of the molecule is CCOC(=O)c1c(-c2ccccc2Cl)csc1NC(=O)COc1cc(Cl)c(Cl)cc1Cl. The third-order valence-corrected chi connectivity index (χ3v) is 6.26. The molecule has 0 aliphatic heterocycles. The zero-order chi connectivity index (χ0) is 22.5. The Hall–Kier alpha value is -1.96. The topological polar surface area (TPSA) is 64.6 Å². The molecule has 162 valence electrons. The predicted octanol–water partition coefficient (Wildman–Crippen LogP) is 7.22. The maximum atomic E-state index is 12.6. The van der Waals surface area contributed by atoms with Crippen LogP contribution in [0.5, 0.6) is 5.75 Å². The zero-order valence-electron chi connectivity index (χ0n) is 16.0. The van der Waals surface area contributed by atoms with E-state index in [1.165, 1.54) is 23.5 Å². The fourth-order valence-corrected chi connectivity index (χ4v) is 4.45. The average molecular weight is 519 g/mol. The molecule has 3 aromatic rings. The zero-order valence-corrected chi connectivity index (χ0v) is 19.8. The highest BCUT2D eigenvalue weighted by Crippen LogP contribution is 2.39. The van der Waals surface area contributed by atoms with Gasteiger partial charge in [-0.25, -0.2) is 4.79 Å². The average Bonchev–Trinajstić information content (AvgIpc) is 3.13. The van der Waals surface area contributed by atoms with Gasteiger partial charge in [0.15, 0.2) is 6.61 Å². The second kappa shape index (κ2) is 10.6.